The van der Waals surface area contributed by atoms with Crippen molar-refractivity contribution in [1.82, 2.24) is 4.98 Å². The van der Waals surface area contributed by atoms with Crippen molar-refractivity contribution in [2.24, 2.45) is 17.8 Å². The quantitative estimate of drug-likeness (QED) is 0.897. The van der Waals surface area contributed by atoms with Crippen LogP contribution in [0.25, 0.3) is 0 Å². The highest BCUT2D eigenvalue weighted by Crippen LogP contribution is 2.35. The molecule has 0 aromatic carbocycles. The van der Waals surface area contributed by atoms with E-state index in [9.17, 15) is 4.79 Å². The molecule has 1 aliphatic carbocycles. The van der Waals surface area contributed by atoms with Crippen LogP contribution in [0.3, 0.4) is 0 Å². The third-order valence-electron chi connectivity index (χ3n) is 4.14. The van der Waals surface area contributed by atoms with Gasteiger partial charge in [-0.05, 0) is 30.6 Å². The fourth-order valence-corrected chi connectivity index (χ4v) is 3.61. The van der Waals surface area contributed by atoms with Gasteiger partial charge >= 0.3 is 5.97 Å². The van der Waals surface area contributed by atoms with E-state index in [0.29, 0.717) is 24.4 Å². The predicted octanol–water partition coefficient (Wildman–Crippen LogP) is 3.82. The normalized spacial score (nSPS) is 26.9. The monoisotopic (exact) mass is 297 g/mol. The number of carboxylic acids is 1. The van der Waals surface area contributed by atoms with E-state index in [-0.39, 0.29) is 11.1 Å². The molecule has 4 nitrogen and oxygen atoms in total. The molecule has 0 amide bonds. The summed E-state index contributed by atoms with van der Waals surface area (Å²) in [6.07, 6.45) is 3.87. The highest BCUT2D eigenvalue weighted by molar-refractivity contribution is 7.11. The van der Waals surface area contributed by atoms with Crippen molar-refractivity contribution in [2.45, 2.75) is 52.7 Å². The third-order valence-corrected chi connectivity index (χ3v) is 5.02. The van der Waals surface area contributed by atoms with Crippen LogP contribution in [0, 0.1) is 17.8 Å². The second kappa shape index (κ2) is 6.68. The summed E-state index contributed by atoms with van der Waals surface area (Å²) >= 11 is 1.16. The first-order chi connectivity index (χ1) is 9.47. The van der Waals surface area contributed by atoms with Crippen molar-refractivity contribution < 1.29 is 14.6 Å². The molecule has 0 radical (unpaired) electrons. The molecule has 1 aliphatic rings. The molecule has 0 bridgehead atoms. The van der Waals surface area contributed by atoms with Crippen LogP contribution in [-0.2, 0) is 11.3 Å². The molecule has 1 fully saturated rings. The minimum absolute atomic E-state index is 0.140. The maximum Gasteiger partial charge on any atom is 0.365 e. The largest absolute Gasteiger partial charge is 0.476 e. The summed E-state index contributed by atoms with van der Waals surface area (Å²) < 4.78 is 6.06. The van der Waals surface area contributed by atoms with E-state index in [4.69, 9.17) is 9.84 Å². The average molecular weight is 297 g/mol. The van der Waals surface area contributed by atoms with Crippen LogP contribution in [0.1, 0.15) is 55.5 Å². The van der Waals surface area contributed by atoms with Crippen molar-refractivity contribution in [3.63, 3.8) is 0 Å². The Morgan fingerprint density at radius 1 is 1.55 bits per heavy atom. The number of rotatable bonds is 5. The number of aromatic carboxylic acids is 1. The predicted molar refractivity (Wildman–Crippen MR) is 79.0 cm³/mol. The van der Waals surface area contributed by atoms with E-state index >= 15 is 0 Å². The first-order valence-corrected chi connectivity index (χ1v) is 8.14. The zero-order valence-electron chi connectivity index (χ0n) is 12.3. The number of nitrogens with zero attached hydrogens (tertiary/aromatic N) is 1. The number of carbonyl (C=O) groups is 1. The summed E-state index contributed by atoms with van der Waals surface area (Å²) in [6.45, 7) is 7.20. The van der Waals surface area contributed by atoms with Crippen LogP contribution in [-0.4, -0.2) is 22.2 Å². The summed E-state index contributed by atoms with van der Waals surface area (Å²) in [5.74, 6) is 0.967. The Morgan fingerprint density at radius 3 is 2.90 bits per heavy atom. The number of ether oxygens (including phenoxy) is 1. The van der Waals surface area contributed by atoms with Crippen LogP contribution in [0.4, 0.5) is 0 Å². The molecular weight excluding hydrogens is 274 g/mol. The van der Waals surface area contributed by atoms with E-state index in [1.165, 1.54) is 12.8 Å². The molecule has 112 valence electrons. The molecule has 2 rings (SSSR count). The Balaban J connectivity index is 1.94. The highest BCUT2D eigenvalue weighted by atomic mass is 32.1. The van der Waals surface area contributed by atoms with E-state index in [1.54, 1.807) is 5.38 Å². The van der Waals surface area contributed by atoms with Crippen molar-refractivity contribution in [3.8, 4) is 0 Å². The van der Waals surface area contributed by atoms with Crippen molar-refractivity contribution in [3.05, 3.63) is 16.1 Å². The van der Waals surface area contributed by atoms with Gasteiger partial charge in [-0.3, -0.25) is 0 Å². The Morgan fingerprint density at radius 2 is 2.30 bits per heavy atom. The molecule has 5 heteroatoms. The zero-order valence-corrected chi connectivity index (χ0v) is 13.2. The van der Waals surface area contributed by atoms with Gasteiger partial charge in [0.05, 0.1) is 18.4 Å². The van der Waals surface area contributed by atoms with Crippen LogP contribution in [0.2, 0.25) is 0 Å². The van der Waals surface area contributed by atoms with Gasteiger partial charge in [0.15, 0.2) is 0 Å². The Labute approximate surface area is 124 Å². The standard InChI is InChI=1S/C15H23NO3S/c1-9(2)12-5-4-10(3)6-13(12)19-7-11-8-20-14(16-11)15(17)18/h8-10,12-13H,4-7H2,1-3H3,(H,17,18). The van der Waals surface area contributed by atoms with Gasteiger partial charge in [-0.2, -0.15) is 0 Å². The second-order valence-corrected chi connectivity index (χ2v) is 6.98. The third kappa shape index (κ3) is 3.79. The van der Waals surface area contributed by atoms with Gasteiger partial charge in [0.25, 0.3) is 0 Å². The Hall–Kier alpha value is -0.940. The summed E-state index contributed by atoms with van der Waals surface area (Å²) in [5.41, 5.74) is 0.730. The summed E-state index contributed by atoms with van der Waals surface area (Å²) in [4.78, 5) is 14.9. The van der Waals surface area contributed by atoms with Crippen molar-refractivity contribution >= 4 is 17.3 Å². The van der Waals surface area contributed by atoms with Crippen LogP contribution < -0.4 is 0 Å². The SMILES string of the molecule is CC1CCC(C(C)C)C(OCc2csc(C(=O)O)n2)C1. The molecule has 0 saturated heterocycles. The number of hydrogen-bond donors (Lipinski definition) is 1. The molecule has 1 N–H and O–H groups in total. The molecule has 1 heterocycles. The number of hydrogen-bond acceptors (Lipinski definition) is 4. The zero-order chi connectivity index (χ0) is 14.7. The topological polar surface area (TPSA) is 59.4 Å². The lowest BCUT2D eigenvalue weighted by Gasteiger charge is -2.37. The maximum atomic E-state index is 10.8. The van der Waals surface area contributed by atoms with Gasteiger partial charge in [0.2, 0.25) is 5.01 Å². The van der Waals surface area contributed by atoms with Crippen molar-refractivity contribution in [1.29, 1.82) is 0 Å². The lowest BCUT2D eigenvalue weighted by Crippen LogP contribution is -2.34. The Kier molecular flexibility index (Phi) is 5.16. The number of thiazole rings is 1. The van der Waals surface area contributed by atoms with Gasteiger partial charge in [-0.25, -0.2) is 9.78 Å². The minimum atomic E-state index is -0.965. The van der Waals surface area contributed by atoms with E-state index in [1.807, 2.05) is 0 Å². The van der Waals surface area contributed by atoms with E-state index in [2.05, 4.69) is 25.8 Å². The Bertz CT molecular complexity index is 458. The summed E-state index contributed by atoms with van der Waals surface area (Å²) in [6, 6.07) is 0. The fourth-order valence-electron chi connectivity index (χ4n) is 2.97. The molecule has 3 atom stereocenters. The molecule has 3 unspecified atom stereocenters. The first-order valence-electron chi connectivity index (χ1n) is 7.26. The maximum absolute atomic E-state index is 10.8. The van der Waals surface area contributed by atoms with Gasteiger partial charge in [-0.15, -0.1) is 11.3 Å². The van der Waals surface area contributed by atoms with Gasteiger partial charge in [-0.1, -0.05) is 27.2 Å². The van der Waals surface area contributed by atoms with E-state index in [0.717, 1.165) is 23.5 Å². The first kappa shape index (κ1) is 15.4. The van der Waals surface area contributed by atoms with Crippen LogP contribution in [0.15, 0.2) is 5.38 Å². The molecule has 0 aliphatic heterocycles. The lowest BCUT2D eigenvalue weighted by atomic mass is 9.75. The fraction of sp³-hybridized carbons (Fsp3) is 0.733. The smallest absolute Gasteiger partial charge is 0.365 e. The highest BCUT2D eigenvalue weighted by Gasteiger charge is 2.31. The number of carboxylic acid groups (broad SMARTS) is 1. The number of aromatic nitrogens is 1. The summed E-state index contributed by atoms with van der Waals surface area (Å²) in [5, 5.41) is 10.8. The minimum Gasteiger partial charge on any atom is -0.476 e. The van der Waals surface area contributed by atoms with Gasteiger partial charge < -0.3 is 9.84 Å². The lowest BCUT2D eigenvalue weighted by molar-refractivity contribution is -0.0481. The summed E-state index contributed by atoms with van der Waals surface area (Å²) in [7, 11) is 0. The molecule has 1 aromatic heterocycles. The van der Waals surface area contributed by atoms with Crippen LogP contribution >= 0.6 is 11.3 Å². The molecule has 20 heavy (non-hydrogen) atoms. The molecule has 0 spiro atoms. The van der Waals surface area contributed by atoms with E-state index < -0.39 is 5.97 Å². The second-order valence-electron chi connectivity index (χ2n) is 6.12. The molecule has 1 saturated carbocycles. The van der Waals surface area contributed by atoms with Gasteiger partial charge in [0, 0.05) is 5.38 Å². The molecule has 1 aromatic rings. The average Bonchev–Trinajstić information content (AvgIpc) is 2.85. The molecular formula is C15H23NO3S. The van der Waals surface area contributed by atoms with Gasteiger partial charge in [0.1, 0.15) is 0 Å². The van der Waals surface area contributed by atoms with Crippen molar-refractivity contribution in [2.75, 3.05) is 0 Å². The van der Waals surface area contributed by atoms with Crippen LogP contribution in [0.5, 0.6) is 0 Å².